The maximum Gasteiger partial charge on any atom is 0.463 e. The van der Waals surface area contributed by atoms with Crippen molar-refractivity contribution in [3.8, 4) is 0 Å². The van der Waals surface area contributed by atoms with Crippen LogP contribution in [0.4, 0.5) is 27.6 Å². The molecule has 0 unspecified atom stereocenters. The van der Waals surface area contributed by atoms with Crippen molar-refractivity contribution >= 4 is 11.6 Å². The first-order valence-corrected chi connectivity index (χ1v) is 3.91. The lowest BCUT2D eigenvalue weighted by Gasteiger charge is -2.18. The second-order valence-electron chi connectivity index (χ2n) is 2.76. The number of anilines is 1. The first-order chi connectivity index (χ1) is 7.25. The number of alkyl halides is 5. The maximum absolute atomic E-state index is 12.5. The summed E-state index contributed by atoms with van der Waals surface area (Å²) >= 11 is 0. The molecule has 0 atom stereocenters. The van der Waals surface area contributed by atoms with Crippen molar-refractivity contribution in [1.82, 2.24) is 4.98 Å². The highest BCUT2D eigenvalue weighted by molar-refractivity contribution is 5.96. The van der Waals surface area contributed by atoms with Gasteiger partial charge in [-0.25, -0.2) is 0 Å². The highest BCUT2D eigenvalue weighted by atomic mass is 19.4. The summed E-state index contributed by atoms with van der Waals surface area (Å²) in [5, 5.41) is 1.44. The molecule has 1 aromatic heterocycles. The van der Waals surface area contributed by atoms with Crippen molar-refractivity contribution in [2.45, 2.75) is 12.1 Å². The van der Waals surface area contributed by atoms with E-state index in [4.69, 9.17) is 0 Å². The van der Waals surface area contributed by atoms with Gasteiger partial charge in [0, 0.05) is 18.1 Å². The van der Waals surface area contributed by atoms with Crippen LogP contribution in [0.25, 0.3) is 0 Å². The van der Waals surface area contributed by atoms with E-state index in [2.05, 4.69) is 4.98 Å². The predicted octanol–water partition coefficient (Wildman–Crippen LogP) is 2.22. The van der Waals surface area contributed by atoms with E-state index in [0.717, 1.165) is 24.5 Å². The number of hydrogen-bond acceptors (Lipinski definition) is 2. The van der Waals surface area contributed by atoms with Gasteiger partial charge in [-0.05, 0) is 12.1 Å². The molecule has 0 saturated heterocycles. The van der Waals surface area contributed by atoms with Crippen LogP contribution in [-0.2, 0) is 4.79 Å². The molecule has 3 nitrogen and oxygen atoms in total. The Bertz CT molecular complexity index is 376. The number of carbonyl (C=O) groups excluding carboxylic acids is 1. The van der Waals surface area contributed by atoms with E-state index in [1.165, 1.54) is 5.32 Å². The first kappa shape index (κ1) is 12.3. The summed E-state index contributed by atoms with van der Waals surface area (Å²) in [4.78, 5) is 14.2. The van der Waals surface area contributed by atoms with Crippen molar-refractivity contribution in [2.75, 3.05) is 5.32 Å². The van der Waals surface area contributed by atoms with Crippen LogP contribution in [-0.4, -0.2) is 23.0 Å². The van der Waals surface area contributed by atoms with Gasteiger partial charge in [0.2, 0.25) is 0 Å². The molecule has 0 bridgehead atoms. The van der Waals surface area contributed by atoms with E-state index in [1.54, 1.807) is 0 Å². The minimum Gasteiger partial charge on any atom is -0.320 e. The summed E-state index contributed by atoms with van der Waals surface area (Å²) in [6.45, 7) is 0. The van der Waals surface area contributed by atoms with Gasteiger partial charge >= 0.3 is 18.0 Å². The summed E-state index contributed by atoms with van der Waals surface area (Å²) in [5.74, 6) is -7.85. The van der Waals surface area contributed by atoms with E-state index < -0.39 is 18.0 Å². The standard InChI is InChI=1S/C8H5F5N2O/c9-7(10,8(11,12)13)6(16)15-5-1-3-14-4-2-5/h1-4H,(H,14,15,16). The molecular formula is C8H5F5N2O. The molecule has 0 aromatic carbocycles. The lowest BCUT2D eigenvalue weighted by Crippen LogP contribution is -2.47. The summed E-state index contributed by atoms with van der Waals surface area (Å²) in [6, 6.07) is 2.18. The number of rotatable bonds is 2. The Kier molecular flexibility index (Phi) is 3.11. The van der Waals surface area contributed by atoms with Gasteiger partial charge in [-0.2, -0.15) is 22.0 Å². The highest BCUT2D eigenvalue weighted by Crippen LogP contribution is 2.36. The molecule has 88 valence electrons. The summed E-state index contributed by atoms with van der Waals surface area (Å²) < 4.78 is 60.2. The molecule has 1 rings (SSSR count). The Labute approximate surface area is 86.3 Å². The van der Waals surface area contributed by atoms with E-state index >= 15 is 0 Å². The Hall–Kier alpha value is -1.73. The van der Waals surface area contributed by atoms with Crippen LogP contribution in [0, 0.1) is 0 Å². The Morgan fingerprint density at radius 1 is 1.12 bits per heavy atom. The van der Waals surface area contributed by atoms with Gasteiger partial charge in [0.1, 0.15) is 0 Å². The summed E-state index contributed by atoms with van der Waals surface area (Å²) in [5.41, 5.74) is -0.191. The minimum atomic E-state index is -5.91. The number of carbonyl (C=O) groups is 1. The van der Waals surface area contributed by atoms with Crippen molar-refractivity contribution in [1.29, 1.82) is 0 Å². The van der Waals surface area contributed by atoms with Gasteiger partial charge in [0.25, 0.3) is 0 Å². The van der Waals surface area contributed by atoms with Gasteiger partial charge in [-0.1, -0.05) is 0 Å². The number of nitrogens with one attached hydrogen (secondary N) is 1. The van der Waals surface area contributed by atoms with Crippen molar-refractivity contribution in [2.24, 2.45) is 0 Å². The zero-order chi connectivity index (χ0) is 12.4. The van der Waals surface area contributed by atoms with Crippen molar-refractivity contribution < 1.29 is 26.7 Å². The van der Waals surface area contributed by atoms with Crippen LogP contribution in [0.15, 0.2) is 24.5 Å². The quantitative estimate of drug-likeness (QED) is 0.805. The van der Waals surface area contributed by atoms with Gasteiger partial charge in [0.15, 0.2) is 0 Å². The molecule has 0 spiro atoms. The van der Waals surface area contributed by atoms with Crippen LogP contribution in [0.3, 0.4) is 0 Å². The van der Waals surface area contributed by atoms with E-state index in [-0.39, 0.29) is 5.69 Å². The van der Waals surface area contributed by atoms with Crippen LogP contribution < -0.4 is 5.32 Å². The molecule has 0 fully saturated rings. The third-order valence-electron chi connectivity index (χ3n) is 1.58. The first-order valence-electron chi connectivity index (χ1n) is 3.91. The van der Waals surface area contributed by atoms with Crippen LogP contribution >= 0.6 is 0 Å². The smallest absolute Gasteiger partial charge is 0.320 e. The van der Waals surface area contributed by atoms with Gasteiger partial charge in [-0.15, -0.1) is 0 Å². The molecule has 1 amide bonds. The zero-order valence-corrected chi connectivity index (χ0v) is 7.55. The average molecular weight is 240 g/mol. The van der Waals surface area contributed by atoms with Crippen LogP contribution in [0.1, 0.15) is 0 Å². The number of halogens is 5. The van der Waals surface area contributed by atoms with Crippen LogP contribution in [0.5, 0.6) is 0 Å². The highest BCUT2D eigenvalue weighted by Gasteiger charge is 2.63. The number of hydrogen-bond donors (Lipinski definition) is 1. The third kappa shape index (κ3) is 2.44. The molecule has 0 aliphatic heterocycles. The van der Waals surface area contributed by atoms with Crippen molar-refractivity contribution in [3.63, 3.8) is 0 Å². The molecule has 1 aromatic rings. The maximum atomic E-state index is 12.5. The van der Waals surface area contributed by atoms with Crippen molar-refractivity contribution in [3.05, 3.63) is 24.5 Å². The fourth-order valence-corrected chi connectivity index (χ4v) is 0.774. The second kappa shape index (κ2) is 4.03. The summed E-state index contributed by atoms with van der Waals surface area (Å²) in [7, 11) is 0. The van der Waals surface area contributed by atoms with Gasteiger partial charge in [0.05, 0.1) is 0 Å². The van der Waals surface area contributed by atoms with E-state index in [0.29, 0.717) is 0 Å². The molecule has 0 aliphatic rings. The average Bonchev–Trinajstić information content (AvgIpc) is 2.17. The van der Waals surface area contributed by atoms with Gasteiger partial charge < -0.3 is 5.32 Å². The fourth-order valence-electron chi connectivity index (χ4n) is 0.774. The molecular weight excluding hydrogens is 235 g/mol. The lowest BCUT2D eigenvalue weighted by atomic mass is 10.3. The molecule has 16 heavy (non-hydrogen) atoms. The van der Waals surface area contributed by atoms with Gasteiger partial charge in [-0.3, -0.25) is 9.78 Å². The molecule has 8 heteroatoms. The largest absolute Gasteiger partial charge is 0.463 e. The Morgan fingerprint density at radius 3 is 2.06 bits per heavy atom. The predicted molar refractivity (Wildman–Crippen MR) is 43.9 cm³/mol. The Morgan fingerprint density at radius 2 is 1.62 bits per heavy atom. The topological polar surface area (TPSA) is 42.0 Å². The fraction of sp³-hybridized carbons (Fsp3) is 0.250. The molecule has 1 heterocycles. The second-order valence-corrected chi connectivity index (χ2v) is 2.76. The minimum absolute atomic E-state index is 0.191. The monoisotopic (exact) mass is 240 g/mol. The summed E-state index contributed by atoms with van der Waals surface area (Å²) in [6.07, 6.45) is -3.63. The molecule has 0 aliphatic carbocycles. The zero-order valence-electron chi connectivity index (χ0n) is 7.55. The number of amides is 1. The number of pyridine rings is 1. The third-order valence-corrected chi connectivity index (χ3v) is 1.58. The Balaban J connectivity index is 2.81. The SMILES string of the molecule is O=C(Nc1ccncc1)C(F)(F)C(F)(F)F. The molecule has 0 saturated carbocycles. The lowest BCUT2D eigenvalue weighted by molar-refractivity contribution is -0.267. The van der Waals surface area contributed by atoms with E-state index in [1.807, 2.05) is 0 Å². The molecule has 0 radical (unpaired) electrons. The number of aromatic nitrogens is 1. The number of nitrogens with zero attached hydrogens (tertiary/aromatic N) is 1. The van der Waals surface area contributed by atoms with E-state index in [9.17, 15) is 26.7 Å². The molecule has 1 N–H and O–H groups in total. The van der Waals surface area contributed by atoms with Crippen LogP contribution in [0.2, 0.25) is 0 Å². The normalized spacial score (nSPS) is 12.3.